The average Bonchev–Trinajstić information content (AvgIpc) is 2.97. The van der Waals surface area contributed by atoms with Crippen LogP contribution in [0.1, 0.15) is 11.1 Å². The maximum absolute atomic E-state index is 4.59. The summed E-state index contributed by atoms with van der Waals surface area (Å²) in [5, 5.41) is 5.61. The second-order valence-electron chi connectivity index (χ2n) is 9.11. The third-order valence-corrected chi connectivity index (χ3v) is 6.28. The summed E-state index contributed by atoms with van der Waals surface area (Å²) in [6, 6.07) is 28.9. The molecule has 6 heteroatoms. The number of benzene rings is 3. The van der Waals surface area contributed by atoms with Crippen molar-refractivity contribution in [1.82, 2.24) is 24.9 Å². The first-order valence-electron chi connectivity index (χ1n) is 12.3. The van der Waals surface area contributed by atoms with Gasteiger partial charge in [0.15, 0.2) is 0 Å². The third-order valence-electron chi connectivity index (χ3n) is 6.28. The molecule has 5 nitrogen and oxygen atoms in total. The van der Waals surface area contributed by atoms with Crippen LogP contribution in [0, 0.1) is 26.0 Å². The topological polar surface area (TPSA) is 64.5 Å². The molecule has 4 heterocycles. The van der Waals surface area contributed by atoms with E-state index in [1.54, 1.807) is 24.7 Å². The van der Waals surface area contributed by atoms with Crippen LogP contribution in [0.15, 0.2) is 104 Å². The molecule has 0 saturated heterocycles. The van der Waals surface area contributed by atoms with Crippen molar-refractivity contribution in [3.8, 4) is 22.6 Å². The number of pyridine rings is 3. The van der Waals surface area contributed by atoms with Gasteiger partial charge in [0.1, 0.15) is 0 Å². The number of aromatic nitrogens is 5. The molecule has 0 aliphatic heterocycles. The van der Waals surface area contributed by atoms with Crippen LogP contribution < -0.4 is 0 Å². The molecule has 0 unspecified atom stereocenters. The van der Waals surface area contributed by atoms with Gasteiger partial charge in [-0.1, -0.05) is 68.2 Å². The summed E-state index contributed by atoms with van der Waals surface area (Å²) < 4.78 is 0. The van der Waals surface area contributed by atoms with Gasteiger partial charge < -0.3 is 9.97 Å². The van der Waals surface area contributed by atoms with Crippen molar-refractivity contribution >= 4 is 32.4 Å². The van der Waals surface area contributed by atoms with E-state index >= 15 is 0 Å². The summed E-state index contributed by atoms with van der Waals surface area (Å²) in [7, 11) is 0. The maximum Gasteiger partial charge on any atom is 0.0770 e. The minimum atomic E-state index is 0. The molecular formula is C33H23IrN5-2. The van der Waals surface area contributed by atoms with Gasteiger partial charge in [0.25, 0.3) is 0 Å². The van der Waals surface area contributed by atoms with Crippen molar-refractivity contribution in [2.75, 3.05) is 0 Å². The number of hydrogen-bond donors (Lipinski definition) is 0. The summed E-state index contributed by atoms with van der Waals surface area (Å²) >= 11 is 0. The zero-order valence-electron chi connectivity index (χ0n) is 21.4. The fourth-order valence-corrected chi connectivity index (χ4v) is 4.52. The molecule has 0 atom stereocenters. The summed E-state index contributed by atoms with van der Waals surface area (Å²) in [4.78, 5) is 21.7. The van der Waals surface area contributed by atoms with Crippen molar-refractivity contribution in [3.05, 3.63) is 127 Å². The van der Waals surface area contributed by atoms with Crippen LogP contribution in [0.25, 0.3) is 55.1 Å². The first kappa shape index (κ1) is 26.2. The van der Waals surface area contributed by atoms with Gasteiger partial charge in [-0.15, -0.1) is 47.0 Å². The van der Waals surface area contributed by atoms with Crippen molar-refractivity contribution in [2.45, 2.75) is 13.8 Å². The van der Waals surface area contributed by atoms with Gasteiger partial charge in [-0.25, -0.2) is 0 Å². The Hall–Kier alpha value is -4.38. The summed E-state index contributed by atoms with van der Waals surface area (Å²) in [6.45, 7) is 4.17. The zero-order chi connectivity index (χ0) is 25.9. The van der Waals surface area contributed by atoms with E-state index in [0.717, 1.165) is 44.1 Å². The predicted molar refractivity (Wildman–Crippen MR) is 152 cm³/mol. The summed E-state index contributed by atoms with van der Waals surface area (Å²) in [5.41, 5.74) is 6.16. The maximum atomic E-state index is 4.59. The zero-order valence-corrected chi connectivity index (χ0v) is 23.8. The van der Waals surface area contributed by atoms with Crippen LogP contribution in [-0.2, 0) is 20.1 Å². The molecule has 7 aromatic rings. The molecule has 0 fully saturated rings. The number of fused-ring (bicyclic) bond motifs is 4. The molecule has 0 N–H and O–H groups in total. The Morgan fingerprint density at radius 2 is 1.51 bits per heavy atom. The molecule has 0 spiro atoms. The van der Waals surface area contributed by atoms with Gasteiger partial charge in [0, 0.05) is 55.7 Å². The minimum absolute atomic E-state index is 0. The van der Waals surface area contributed by atoms with E-state index in [1.807, 2.05) is 42.9 Å². The SMILES string of the molecule is Cc1[c-]c(-c2cc3ccccc3cn2)cc(C)c1.[Ir].[c-]1ccncc1-c1ncc2c(ccc3cnccc32)n1. The first-order valence-corrected chi connectivity index (χ1v) is 12.3. The summed E-state index contributed by atoms with van der Waals surface area (Å²) in [6.07, 6.45) is 10.8. The van der Waals surface area contributed by atoms with Crippen molar-refractivity contribution in [3.63, 3.8) is 0 Å². The Kier molecular flexibility index (Phi) is 7.78. The minimum Gasteiger partial charge on any atom is -0.360 e. The Balaban J connectivity index is 0.000000155. The van der Waals surface area contributed by atoms with Crippen LogP contribution in [0.5, 0.6) is 0 Å². The molecule has 39 heavy (non-hydrogen) atoms. The van der Waals surface area contributed by atoms with Gasteiger partial charge in [-0.2, -0.15) is 0 Å². The molecule has 0 saturated carbocycles. The monoisotopic (exact) mass is 682 g/mol. The molecule has 4 aromatic heterocycles. The normalized spacial score (nSPS) is 10.6. The molecule has 0 aliphatic rings. The molecule has 0 amide bonds. The van der Waals surface area contributed by atoms with Gasteiger partial charge in [0.05, 0.1) is 11.3 Å². The van der Waals surface area contributed by atoms with Gasteiger partial charge in [-0.3, -0.25) is 15.0 Å². The van der Waals surface area contributed by atoms with Crippen molar-refractivity contribution in [1.29, 1.82) is 0 Å². The number of hydrogen-bond acceptors (Lipinski definition) is 5. The Labute approximate surface area is 240 Å². The predicted octanol–water partition coefficient (Wildman–Crippen LogP) is 7.36. The van der Waals surface area contributed by atoms with Crippen molar-refractivity contribution in [2.24, 2.45) is 0 Å². The van der Waals surface area contributed by atoms with Crippen LogP contribution in [0.4, 0.5) is 0 Å². The molecule has 1 radical (unpaired) electrons. The van der Waals surface area contributed by atoms with Crippen LogP contribution >= 0.6 is 0 Å². The van der Waals surface area contributed by atoms with Gasteiger partial charge in [-0.05, 0) is 34.0 Å². The number of rotatable bonds is 2. The van der Waals surface area contributed by atoms with E-state index in [0.29, 0.717) is 5.82 Å². The number of nitrogens with zero attached hydrogens (tertiary/aromatic N) is 5. The standard InChI is InChI=1S/C17H14N.C16H9N4.Ir/c1-12-7-13(2)9-16(8-12)17-10-14-5-3-4-6-15(14)11-18-17;1-2-12(9-17-6-1)16-19-10-14-13-5-7-18-8-11(13)3-4-15(14)20-16;/h3-8,10-11H,1-2H3;1,3-10H;/q2*-1;. The van der Waals surface area contributed by atoms with E-state index in [4.69, 9.17) is 0 Å². The van der Waals surface area contributed by atoms with Gasteiger partial charge >= 0.3 is 0 Å². The Morgan fingerprint density at radius 3 is 2.33 bits per heavy atom. The summed E-state index contributed by atoms with van der Waals surface area (Å²) in [5.74, 6) is 0.638. The molecule has 3 aromatic carbocycles. The van der Waals surface area contributed by atoms with Crippen LogP contribution in [0.2, 0.25) is 0 Å². The molecular weight excluding hydrogens is 659 g/mol. The first-order chi connectivity index (χ1) is 18.6. The fraction of sp³-hybridized carbons (Fsp3) is 0.0606. The second-order valence-corrected chi connectivity index (χ2v) is 9.11. The van der Waals surface area contributed by atoms with E-state index in [9.17, 15) is 0 Å². The van der Waals surface area contributed by atoms with E-state index in [2.05, 4.69) is 87.3 Å². The second kappa shape index (κ2) is 11.6. The Morgan fingerprint density at radius 1 is 0.667 bits per heavy atom. The Bertz CT molecular complexity index is 1880. The molecule has 191 valence electrons. The van der Waals surface area contributed by atoms with E-state index < -0.39 is 0 Å². The fourth-order valence-electron chi connectivity index (χ4n) is 4.52. The van der Waals surface area contributed by atoms with Gasteiger partial charge in [0.2, 0.25) is 0 Å². The van der Waals surface area contributed by atoms with Crippen LogP contribution in [0.3, 0.4) is 0 Å². The van der Waals surface area contributed by atoms with Crippen LogP contribution in [-0.4, -0.2) is 24.9 Å². The quantitative estimate of drug-likeness (QED) is 0.141. The van der Waals surface area contributed by atoms with E-state index in [1.165, 1.54) is 16.3 Å². The largest absolute Gasteiger partial charge is 0.360 e. The molecule has 0 bridgehead atoms. The van der Waals surface area contributed by atoms with Crippen molar-refractivity contribution < 1.29 is 20.1 Å². The smallest absolute Gasteiger partial charge is 0.0770 e. The molecule has 0 aliphatic carbocycles. The average molecular weight is 682 g/mol. The number of aryl methyl sites for hydroxylation is 2. The molecule has 7 rings (SSSR count). The van der Waals surface area contributed by atoms with E-state index in [-0.39, 0.29) is 20.1 Å². The third kappa shape index (κ3) is 5.73.